The Bertz CT molecular complexity index is 1050. The molecule has 2 aromatic rings. The second-order valence-corrected chi connectivity index (χ2v) is 10.4. The summed E-state index contributed by atoms with van der Waals surface area (Å²) >= 11 is 0. The number of para-hydroxylation sites is 1. The van der Waals surface area contributed by atoms with E-state index in [1.807, 2.05) is 0 Å². The molecule has 7 nitrogen and oxygen atoms in total. The van der Waals surface area contributed by atoms with Crippen molar-refractivity contribution in [2.75, 3.05) is 37.2 Å². The molecular formula is C23H28FN3O4S. The number of carbonyl (C=O) groups excluding carboxylic acids is 1. The number of nitrogens with zero attached hydrogens (tertiary/aromatic N) is 2. The minimum Gasteiger partial charge on any atom is -0.378 e. The van der Waals surface area contributed by atoms with Crippen LogP contribution in [0, 0.1) is 5.82 Å². The highest BCUT2D eigenvalue weighted by atomic mass is 32.2. The van der Waals surface area contributed by atoms with Crippen molar-refractivity contribution in [2.24, 2.45) is 5.73 Å². The number of halogens is 1. The van der Waals surface area contributed by atoms with Gasteiger partial charge in [0, 0.05) is 11.1 Å². The maximum atomic E-state index is 14.8. The number of hydrogen-bond acceptors (Lipinski definition) is 6. The predicted octanol–water partition coefficient (Wildman–Crippen LogP) is 2.17. The second kappa shape index (κ2) is 9.66. The van der Waals surface area contributed by atoms with E-state index in [-0.39, 0.29) is 30.0 Å². The number of likely N-dealkylation sites (tertiary alicyclic amines) is 1. The van der Waals surface area contributed by atoms with Gasteiger partial charge < -0.3 is 10.5 Å². The highest BCUT2D eigenvalue weighted by Gasteiger charge is 2.38. The molecule has 2 aliphatic heterocycles. The van der Waals surface area contributed by atoms with Crippen LogP contribution in [0.1, 0.15) is 28.8 Å². The minimum absolute atomic E-state index is 0.147. The molecule has 9 heteroatoms. The molecule has 0 aromatic heterocycles. The predicted molar refractivity (Wildman–Crippen MR) is 121 cm³/mol. The Labute approximate surface area is 188 Å². The van der Waals surface area contributed by atoms with Gasteiger partial charge in [0.1, 0.15) is 5.82 Å². The Hall–Kier alpha value is -2.33. The summed E-state index contributed by atoms with van der Waals surface area (Å²) in [5.74, 6) is -0.994. The van der Waals surface area contributed by atoms with Crippen LogP contribution in [0.3, 0.4) is 0 Å². The maximum Gasteiger partial charge on any atom is 0.238 e. The zero-order chi connectivity index (χ0) is 22.7. The zero-order valence-electron chi connectivity index (χ0n) is 17.8. The van der Waals surface area contributed by atoms with E-state index in [1.165, 1.54) is 16.4 Å². The second-order valence-electron chi connectivity index (χ2n) is 8.25. The van der Waals surface area contributed by atoms with Gasteiger partial charge in [-0.3, -0.25) is 14.0 Å². The van der Waals surface area contributed by atoms with Gasteiger partial charge in [-0.2, -0.15) is 0 Å². The molecule has 0 aliphatic carbocycles. The summed E-state index contributed by atoms with van der Waals surface area (Å²) in [6.07, 6.45) is 1.04. The Morgan fingerprint density at radius 2 is 1.81 bits per heavy atom. The van der Waals surface area contributed by atoms with E-state index in [0.29, 0.717) is 50.9 Å². The Kier molecular flexibility index (Phi) is 6.90. The molecule has 2 saturated heterocycles. The number of anilines is 1. The van der Waals surface area contributed by atoms with Crippen molar-refractivity contribution in [1.29, 1.82) is 0 Å². The van der Waals surface area contributed by atoms with Crippen LogP contribution < -0.4 is 10.0 Å². The van der Waals surface area contributed by atoms with Crippen molar-refractivity contribution in [1.82, 2.24) is 4.90 Å². The lowest BCUT2D eigenvalue weighted by Gasteiger charge is -2.42. The number of ether oxygens (including phenoxy) is 1. The monoisotopic (exact) mass is 461 g/mol. The molecule has 0 radical (unpaired) electrons. The third-order valence-electron chi connectivity index (χ3n) is 6.26. The molecule has 2 N–H and O–H groups in total. The molecule has 0 bridgehead atoms. The highest BCUT2D eigenvalue weighted by molar-refractivity contribution is 7.93. The topological polar surface area (TPSA) is 92.9 Å². The van der Waals surface area contributed by atoms with Crippen molar-refractivity contribution in [3.8, 4) is 0 Å². The van der Waals surface area contributed by atoms with Crippen molar-refractivity contribution >= 4 is 21.5 Å². The molecule has 0 unspecified atom stereocenters. The lowest BCUT2D eigenvalue weighted by molar-refractivity contribution is -0.0695. The molecule has 2 aromatic carbocycles. The van der Waals surface area contributed by atoms with Gasteiger partial charge in [-0.05, 0) is 44.1 Å². The fourth-order valence-corrected chi connectivity index (χ4v) is 6.10. The number of carbonyl (C=O) groups is 1. The maximum absolute atomic E-state index is 14.8. The summed E-state index contributed by atoms with van der Waals surface area (Å²) < 4.78 is 48.7. The van der Waals surface area contributed by atoms with E-state index >= 15 is 0 Å². The van der Waals surface area contributed by atoms with Crippen molar-refractivity contribution in [3.05, 3.63) is 65.5 Å². The third kappa shape index (κ3) is 4.71. The van der Waals surface area contributed by atoms with Crippen molar-refractivity contribution in [3.63, 3.8) is 0 Å². The van der Waals surface area contributed by atoms with E-state index in [0.717, 1.165) is 6.07 Å². The highest BCUT2D eigenvalue weighted by Crippen LogP contribution is 2.29. The lowest BCUT2D eigenvalue weighted by atomic mass is 10.1. The van der Waals surface area contributed by atoms with Crippen LogP contribution >= 0.6 is 0 Å². The van der Waals surface area contributed by atoms with E-state index in [4.69, 9.17) is 10.5 Å². The average Bonchev–Trinajstić information content (AvgIpc) is 2.77. The number of sulfonamides is 1. The molecule has 0 spiro atoms. The first-order valence-electron chi connectivity index (χ1n) is 10.8. The van der Waals surface area contributed by atoms with Crippen LogP contribution in [0.5, 0.6) is 0 Å². The van der Waals surface area contributed by atoms with Crippen LogP contribution in [0.2, 0.25) is 0 Å². The number of benzene rings is 2. The summed E-state index contributed by atoms with van der Waals surface area (Å²) in [6, 6.07) is 13.2. The molecular weight excluding hydrogens is 433 g/mol. The summed E-state index contributed by atoms with van der Waals surface area (Å²) in [7, 11) is -3.74. The smallest absolute Gasteiger partial charge is 0.238 e. The summed E-state index contributed by atoms with van der Waals surface area (Å²) in [6.45, 7) is 2.45. The lowest BCUT2D eigenvalue weighted by Crippen LogP contribution is -2.54. The quantitative estimate of drug-likeness (QED) is 0.606. The molecule has 2 heterocycles. The number of ketones is 1. The molecule has 32 heavy (non-hydrogen) atoms. The summed E-state index contributed by atoms with van der Waals surface area (Å²) in [5.41, 5.74) is 6.23. The Balaban J connectivity index is 1.58. The molecule has 2 aliphatic rings. The van der Waals surface area contributed by atoms with E-state index in [9.17, 15) is 17.6 Å². The first-order chi connectivity index (χ1) is 15.4. The van der Waals surface area contributed by atoms with E-state index < -0.39 is 21.1 Å². The van der Waals surface area contributed by atoms with Gasteiger partial charge in [0.05, 0.1) is 43.3 Å². The van der Waals surface area contributed by atoms with Gasteiger partial charge in [0.2, 0.25) is 10.0 Å². The van der Waals surface area contributed by atoms with Gasteiger partial charge >= 0.3 is 0 Å². The fourth-order valence-electron chi connectivity index (χ4n) is 4.20. The standard InChI is InChI=1S/C23H28FN3O4S/c24-22-12-17(23(28)13-25)6-7-18(22)14-27(19-4-2-1-3-5-19)32(29,30)21-8-10-26(11-9-21)20-15-31-16-20/h1-7,12,20-21H,8-11,13-16,25H2. The number of piperidine rings is 1. The van der Waals surface area contributed by atoms with Gasteiger partial charge in [-0.25, -0.2) is 12.8 Å². The van der Waals surface area contributed by atoms with Crippen LogP contribution in [0.4, 0.5) is 10.1 Å². The Morgan fingerprint density at radius 1 is 1.12 bits per heavy atom. The molecule has 172 valence electrons. The van der Waals surface area contributed by atoms with Crippen LogP contribution in [0.15, 0.2) is 48.5 Å². The number of nitrogens with two attached hydrogens (primary N) is 1. The van der Waals surface area contributed by atoms with Gasteiger partial charge in [-0.1, -0.05) is 30.3 Å². The van der Waals surface area contributed by atoms with Crippen molar-refractivity contribution < 1.29 is 22.3 Å². The van der Waals surface area contributed by atoms with E-state index in [2.05, 4.69) is 4.90 Å². The fraction of sp³-hybridized carbons (Fsp3) is 0.435. The molecule has 0 saturated carbocycles. The average molecular weight is 462 g/mol. The van der Waals surface area contributed by atoms with Gasteiger partial charge in [0.25, 0.3) is 0 Å². The minimum atomic E-state index is -3.74. The molecule has 0 atom stereocenters. The number of Topliss-reactive ketones (excluding diaryl/α,β-unsaturated/α-hetero) is 1. The first kappa shape index (κ1) is 22.8. The zero-order valence-corrected chi connectivity index (χ0v) is 18.6. The molecule has 2 fully saturated rings. The first-order valence-corrected chi connectivity index (χ1v) is 12.3. The Morgan fingerprint density at radius 3 is 2.38 bits per heavy atom. The number of rotatable bonds is 8. The van der Waals surface area contributed by atoms with Gasteiger partial charge in [-0.15, -0.1) is 0 Å². The molecule has 0 amide bonds. The van der Waals surface area contributed by atoms with Gasteiger partial charge in [0.15, 0.2) is 5.78 Å². The summed E-state index contributed by atoms with van der Waals surface area (Å²) in [5, 5.41) is -0.541. The van der Waals surface area contributed by atoms with Crippen molar-refractivity contribution in [2.45, 2.75) is 30.7 Å². The largest absolute Gasteiger partial charge is 0.378 e. The van der Waals surface area contributed by atoms with Crippen LogP contribution in [-0.4, -0.2) is 63.2 Å². The van der Waals surface area contributed by atoms with Crippen LogP contribution in [0.25, 0.3) is 0 Å². The summed E-state index contributed by atoms with van der Waals surface area (Å²) in [4.78, 5) is 14.1. The molecule has 4 rings (SSSR count). The third-order valence-corrected chi connectivity index (χ3v) is 8.53. The van der Waals surface area contributed by atoms with E-state index in [1.54, 1.807) is 30.3 Å². The normalized spacial score (nSPS) is 18.3. The SMILES string of the molecule is NCC(=O)c1ccc(CN(c2ccccc2)S(=O)(=O)C2CCN(C3COC3)CC2)c(F)c1. The number of hydrogen-bond donors (Lipinski definition) is 1. The van der Waals surface area contributed by atoms with Crippen LogP contribution in [-0.2, 0) is 21.3 Å².